The quantitative estimate of drug-likeness (QED) is 0.428. The number of nitrogens with one attached hydrogen (secondary N) is 2. The fraction of sp³-hybridized carbons (Fsp3) is 0.640. The molecule has 8 heteroatoms. The molecule has 0 saturated carbocycles. The highest BCUT2D eigenvalue weighted by atomic mass is 16.6. The summed E-state index contributed by atoms with van der Waals surface area (Å²) in [5.41, 5.74) is -0.208. The van der Waals surface area contributed by atoms with Crippen LogP contribution in [-0.2, 0) is 14.3 Å². The van der Waals surface area contributed by atoms with E-state index in [0.29, 0.717) is 18.5 Å². The summed E-state index contributed by atoms with van der Waals surface area (Å²) in [5.74, 6) is -0.888. The van der Waals surface area contributed by atoms with Crippen molar-refractivity contribution in [3.8, 4) is 5.75 Å². The van der Waals surface area contributed by atoms with Gasteiger partial charge in [-0.2, -0.15) is 0 Å². The number of likely N-dealkylation sites (N-methyl/N-ethyl adjacent to an activating group) is 1. The third kappa shape index (κ3) is 8.94. The molecule has 33 heavy (non-hydrogen) atoms. The van der Waals surface area contributed by atoms with Crippen molar-refractivity contribution in [2.45, 2.75) is 85.4 Å². The zero-order valence-corrected chi connectivity index (χ0v) is 21.1. The minimum Gasteiger partial charge on any atom is -0.508 e. The van der Waals surface area contributed by atoms with Crippen molar-refractivity contribution in [3.63, 3.8) is 0 Å². The number of hydrogen-bond acceptors (Lipinski definition) is 5. The van der Waals surface area contributed by atoms with Crippen molar-refractivity contribution in [1.82, 2.24) is 15.5 Å². The first-order valence-electron chi connectivity index (χ1n) is 11.8. The number of hydrogen-bond donors (Lipinski definition) is 3. The highest BCUT2D eigenvalue weighted by molar-refractivity contribution is 5.92. The molecule has 186 valence electrons. The standard InChI is InChI=1S/C25H41N3O5/c1-8-11-15-26-22(30)21(18-13-12-14-19(29)16-18)28(10-3)23(31)20(17(4)9-2)27-24(32)33-25(5,6)7/h12-14,16-17,20-21,29H,8-11,15H2,1-7H3,(H,26,30)(H,27,32). The van der Waals surface area contributed by atoms with E-state index in [1.807, 2.05) is 20.8 Å². The zero-order valence-electron chi connectivity index (χ0n) is 21.1. The van der Waals surface area contributed by atoms with Crippen LogP contribution in [0.2, 0.25) is 0 Å². The van der Waals surface area contributed by atoms with Crippen LogP contribution in [0.25, 0.3) is 0 Å². The maximum Gasteiger partial charge on any atom is 0.408 e. The predicted molar refractivity (Wildman–Crippen MR) is 129 cm³/mol. The normalized spacial score (nSPS) is 14.0. The van der Waals surface area contributed by atoms with Crippen LogP contribution in [0.1, 0.15) is 79.3 Å². The van der Waals surface area contributed by atoms with Crippen molar-refractivity contribution in [2.24, 2.45) is 5.92 Å². The van der Waals surface area contributed by atoms with E-state index >= 15 is 0 Å². The summed E-state index contributed by atoms with van der Waals surface area (Å²) in [7, 11) is 0. The molecule has 0 aromatic heterocycles. The molecule has 3 unspecified atom stereocenters. The average molecular weight is 464 g/mol. The summed E-state index contributed by atoms with van der Waals surface area (Å²) in [4.78, 5) is 40.9. The summed E-state index contributed by atoms with van der Waals surface area (Å²) in [5, 5.41) is 15.6. The molecule has 1 aromatic rings. The monoisotopic (exact) mass is 463 g/mol. The minimum atomic E-state index is -0.946. The summed E-state index contributed by atoms with van der Waals surface area (Å²) < 4.78 is 5.37. The molecule has 0 heterocycles. The Kier molecular flexibility index (Phi) is 11.2. The van der Waals surface area contributed by atoms with Gasteiger partial charge in [-0.1, -0.05) is 45.7 Å². The third-order valence-corrected chi connectivity index (χ3v) is 5.35. The van der Waals surface area contributed by atoms with Gasteiger partial charge in [0.05, 0.1) is 0 Å². The number of alkyl carbamates (subject to hydrolysis) is 1. The van der Waals surface area contributed by atoms with E-state index < -0.39 is 23.8 Å². The number of nitrogens with zero attached hydrogens (tertiary/aromatic N) is 1. The Bertz CT molecular complexity index is 790. The van der Waals surface area contributed by atoms with Crippen LogP contribution < -0.4 is 10.6 Å². The first-order chi connectivity index (χ1) is 15.4. The van der Waals surface area contributed by atoms with Gasteiger partial charge in [0.15, 0.2) is 0 Å². The Morgan fingerprint density at radius 3 is 2.33 bits per heavy atom. The van der Waals surface area contributed by atoms with Gasteiger partial charge in [-0.25, -0.2) is 4.79 Å². The van der Waals surface area contributed by atoms with Gasteiger partial charge in [-0.3, -0.25) is 9.59 Å². The number of carbonyl (C=O) groups is 3. The van der Waals surface area contributed by atoms with Crippen molar-refractivity contribution in [1.29, 1.82) is 0 Å². The maximum absolute atomic E-state index is 13.7. The van der Waals surface area contributed by atoms with Gasteiger partial charge in [0.2, 0.25) is 11.8 Å². The number of ether oxygens (including phenoxy) is 1. The number of rotatable bonds is 11. The fourth-order valence-electron chi connectivity index (χ4n) is 3.41. The number of benzene rings is 1. The molecule has 1 rings (SSSR count). The molecule has 3 amide bonds. The van der Waals surface area contributed by atoms with Crippen LogP contribution in [0.3, 0.4) is 0 Å². The van der Waals surface area contributed by atoms with Gasteiger partial charge in [0.1, 0.15) is 23.4 Å². The molecule has 0 aliphatic carbocycles. The predicted octanol–water partition coefficient (Wildman–Crippen LogP) is 4.14. The first kappa shape index (κ1) is 28.3. The van der Waals surface area contributed by atoms with Gasteiger partial charge in [0.25, 0.3) is 0 Å². The van der Waals surface area contributed by atoms with Crippen LogP contribution in [-0.4, -0.2) is 52.6 Å². The molecular weight excluding hydrogens is 422 g/mol. The van der Waals surface area contributed by atoms with Crippen molar-refractivity contribution in [2.75, 3.05) is 13.1 Å². The Morgan fingerprint density at radius 1 is 1.15 bits per heavy atom. The summed E-state index contributed by atoms with van der Waals surface area (Å²) >= 11 is 0. The largest absolute Gasteiger partial charge is 0.508 e. The second-order valence-corrected chi connectivity index (χ2v) is 9.28. The summed E-state index contributed by atoms with van der Waals surface area (Å²) in [6, 6.07) is 4.53. The molecule has 0 fully saturated rings. The Balaban J connectivity index is 3.32. The lowest BCUT2D eigenvalue weighted by Gasteiger charge is -2.35. The zero-order chi connectivity index (χ0) is 25.2. The molecule has 3 atom stereocenters. The number of phenols is 1. The van der Waals surface area contributed by atoms with E-state index in [1.165, 1.54) is 17.0 Å². The lowest BCUT2D eigenvalue weighted by atomic mass is 9.95. The highest BCUT2D eigenvalue weighted by Gasteiger charge is 2.37. The topological polar surface area (TPSA) is 108 Å². The molecule has 8 nitrogen and oxygen atoms in total. The second-order valence-electron chi connectivity index (χ2n) is 9.28. The summed E-state index contributed by atoms with van der Waals surface area (Å²) in [6.45, 7) is 13.6. The van der Waals surface area contributed by atoms with Gasteiger partial charge < -0.3 is 25.4 Å². The number of carbonyl (C=O) groups excluding carboxylic acids is 3. The molecule has 0 aliphatic heterocycles. The van der Waals surface area contributed by atoms with E-state index in [9.17, 15) is 19.5 Å². The molecule has 3 N–H and O–H groups in total. The van der Waals surface area contributed by atoms with Crippen molar-refractivity contribution in [3.05, 3.63) is 29.8 Å². The molecule has 0 spiro atoms. The maximum atomic E-state index is 13.7. The van der Waals surface area contributed by atoms with Gasteiger partial charge in [-0.15, -0.1) is 0 Å². The van der Waals surface area contributed by atoms with Gasteiger partial charge >= 0.3 is 6.09 Å². The first-order valence-corrected chi connectivity index (χ1v) is 11.8. The lowest BCUT2D eigenvalue weighted by Crippen LogP contribution is -2.55. The molecule has 1 aromatic carbocycles. The van der Waals surface area contributed by atoms with E-state index in [0.717, 1.165) is 12.8 Å². The molecule has 0 bridgehead atoms. The number of phenolic OH excluding ortho intramolecular Hbond substituents is 1. The van der Waals surface area contributed by atoms with Crippen LogP contribution in [0.4, 0.5) is 4.79 Å². The SMILES string of the molecule is CCCCNC(=O)C(c1cccc(O)c1)N(CC)C(=O)C(NC(=O)OC(C)(C)C)C(C)CC. The van der Waals surface area contributed by atoms with Crippen LogP contribution in [0.15, 0.2) is 24.3 Å². The summed E-state index contributed by atoms with van der Waals surface area (Å²) in [6.07, 6.45) is 1.69. The smallest absolute Gasteiger partial charge is 0.408 e. The minimum absolute atomic E-state index is 0.00714. The van der Waals surface area contributed by atoms with Crippen LogP contribution in [0, 0.1) is 5.92 Å². The third-order valence-electron chi connectivity index (χ3n) is 5.35. The average Bonchev–Trinajstić information content (AvgIpc) is 2.73. The number of amides is 3. The Hall–Kier alpha value is -2.77. The van der Waals surface area contributed by atoms with Crippen LogP contribution >= 0.6 is 0 Å². The van der Waals surface area contributed by atoms with E-state index in [4.69, 9.17) is 4.74 Å². The lowest BCUT2D eigenvalue weighted by molar-refractivity contribution is -0.143. The van der Waals surface area contributed by atoms with Crippen molar-refractivity contribution < 1.29 is 24.2 Å². The number of aromatic hydroxyl groups is 1. The van der Waals surface area contributed by atoms with Crippen LogP contribution in [0.5, 0.6) is 5.75 Å². The molecule has 0 aliphatic rings. The van der Waals surface area contributed by atoms with E-state index in [-0.39, 0.29) is 30.0 Å². The highest BCUT2D eigenvalue weighted by Crippen LogP contribution is 2.26. The van der Waals surface area contributed by atoms with E-state index in [1.54, 1.807) is 39.8 Å². The van der Waals surface area contributed by atoms with Gasteiger partial charge in [0, 0.05) is 13.1 Å². The Morgan fingerprint density at radius 2 is 1.82 bits per heavy atom. The van der Waals surface area contributed by atoms with Gasteiger partial charge in [-0.05, 0) is 57.7 Å². The van der Waals surface area contributed by atoms with E-state index in [2.05, 4.69) is 10.6 Å². The number of unbranched alkanes of at least 4 members (excludes halogenated alkanes) is 1. The molecule has 0 saturated heterocycles. The Labute approximate surface area is 198 Å². The molecular formula is C25H41N3O5. The fourth-order valence-corrected chi connectivity index (χ4v) is 3.41. The second kappa shape index (κ2) is 13.1. The molecule has 0 radical (unpaired) electrons. The van der Waals surface area contributed by atoms with Crippen molar-refractivity contribution >= 4 is 17.9 Å².